The van der Waals surface area contributed by atoms with E-state index in [1.165, 1.54) is 12.1 Å². The Hall–Kier alpha value is -1.65. The highest BCUT2D eigenvalue weighted by Crippen LogP contribution is 2.10. The van der Waals surface area contributed by atoms with Crippen molar-refractivity contribution in [2.45, 2.75) is 19.9 Å². The maximum absolute atomic E-state index is 13.2. The zero-order chi connectivity index (χ0) is 12.0. The number of hydrogen-bond donors (Lipinski definition) is 2. The van der Waals surface area contributed by atoms with Crippen LogP contribution in [0.15, 0.2) is 23.2 Å². The predicted octanol–water partition coefficient (Wildman–Crippen LogP) is 1.78. The first-order valence-electron chi connectivity index (χ1n) is 5.11. The van der Waals surface area contributed by atoms with Crippen LogP contribution < -0.4 is 11.1 Å². The lowest BCUT2D eigenvalue weighted by Crippen LogP contribution is -2.32. The van der Waals surface area contributed by atoms with Gasteiger partial charge in [-0.15, -0.1) is 0 Å². The molecular formula is C11H15F2N3. The molecule has 1 aromatic rings. The van der Waals surface area contributed by atoms with Gasteiger partial charge in [-0.05, 0) is 12.5 Å². The molecule has 88 valence electrons. The maximum Gasteiger partial charge on any atom is 0.188 e. The number of rotatable bonds is 4. The van der Waals surface area contributed by atoms with Gasteiger partial charge in [0.1, 0.15) is 11.6 Å². The molecule has 16 heavy (non-hydrogen) atoms. The van der Waals surface area contributed by atoms with Gasteiger partial charge in [-0.25, -0.2) is 13.8 Å². The predicted molar refractivity (Wildman–Crippen MR) is 60.0 cm³/mol. The molecular weight excluding hydrogens is 212 g/mol. The third-order valence-corrected chi connectivity index (χ3v) is 1.99. The van der Waals surface area contributed by atoms with Crippen molar-refractivity contribution in [1.29, 1.82) is 0 Å². The van der Waals surface area contributed by atoms with Crippen LogP contribution in [0.3, 0.4) is 0 Å². The van der Waals surface area contributed by atoms with Crippen LogP contribution in [0.25, 0.3) is 0 Å². The Morgan fingerprint density at radius 3 is 2.81 bits per heavy atom. The fourth-order valence-electron chi connectivity index (χ4n) is 1.13. The first-order chi connectivity index (χ1) is 7.63. The molecule has 0 aromatic heterocycles. The van der Waals surface area contributed by atoms with Gasteiger partial charge in [0.05, 0.1) is 6.54 Å². The molecule has 1 aromatic carbocycles. The number of guanidine groups is 1. The average Bonchev–Trinajstić information content (AvgIpc) is 2.25. The molecule has 3 N–H and O–H groups in total. The van der Waals surface area contributed by atoms with E-state index in [0.717, 1.165) is 19.0 Å². The number of halogens is 2. The summed E-state index contributed by atoms with van der Waals surface area (Å²) in [5.74, 6) is -0.931. The van der Waals surface area contributed by atoms with Crippen LogP contribution in [0.4, 0.5) is 8.78 Å². The SMILES string of the molecule is CCCNC(N)=NCc1ccc(F)cc1F. The number of hydrogen-bond acceptors (Lipinski definition) is 1. The summed E-state index contributed by atoms with van der Waals surface area (Å²) in [4.78, 5) is 3.94. The molecule has 0 aliphatic heterocycles. The van der Waals surface area contributed by atoms with Gasteiger partial charge in [-0.1, -0.05) is 13.0 Å². The number of aliphatic imine (C=N–C) groups is 1. The summed E-state index contributed by atoms with van der Waals surface area (Å²) >= 11 is 0. The number of nitrogens with two attached hydrogens (primary N) is 1. The fourth-order valence-corrected chi connectivity index (χ4v) is 1.13. The third-order valence-electron chi connectivity index (χ3n) is 1.99. The van der Waals surface area contributed by atoms with Crippen molar-refractivity contribution >= 4 is 5.96 Å². The minimum absolute atomic E-state index is 0.106. The van der Waals surface area contributed by atoms with Crippen LogP contribution in [0.2, 0.25) is 0 Å². The second-order valence-electron chi connectivity index (χ2n) is 3.36. The monoisotopic (exact) mass is 227 g/mol. The van der Waals surface area contributed by atoms with Gasteiger partial charge in [0.15, 0.2) is 5.96 Å². The molecule has 3 nitrogen and oxygen atoms in total. The van der Waals surface area contributed by atoms with E-state index in [-0.39, 0.29) is 12.5 Å². The summed E-state index contributed by atoms with van der Waals surface area (Å²) in [6, 6.07) is 3.39. The summed E-state index contributed by atoms with van der Waals surface area (Å²) in [7, 11) is 0. The molecule has 0 unspecified atom stereocenters. The van der Waals surface area contributed by atoms with E-state index in [9.17, 15) is 8.78 Å². The number of nitrogens with zero attached hydrogens (tertiary/aromatic N) is 1. The van der Waals surface area contributed by atoms with Crippen LogP contribution in [-0.2, 0) is 6.54 Å². The van der Waals surface area contributed by atoms with Gasteiger partial charge in [-0.2, -0.15) is 0 Å². The Morgan fingerprint density at radius 1 is 1.44 bits per heavy atom. The normalized spacial score (nSPS) is 11.6. The second-order valence-corrected chi connectivity index (χ2v) is 3.36. The molecule has 0 aliphatic rings. The molecule has 0 aliphatic carbocycles. The number of benzene rings is 1. The molecule has 0 saturated carbocycles. The van der Waals surface area contributed by atoms with E-state index in [1.54, 1.807) is 0 Å². The Labute approximate surface area is 93.4 Å². The van der Waals surface area contributed by atoms with E-state index >= 15 is 0 Å². The van der Waals surface area contributed by atoms with Crippen LogP contribution in [-0.4, -0.2) is 12.5 Å². The molecule has 0 fully saturated rings. The molecule has 1 rings (SSSR count). The lowest BCUT2D eigenvalue weighted by molar-refractivity contribution is 0.572. The van der Waals surface area contributed by atoms with Crippen LogP contribution >= 0.6 is 0 Å². The highest BCUT2D eigenvalue weighted by molar-refractivity contribution is 5.77. The van der Waals surface area contributed by atoms with Crippen LogP contribution in [0.5, 0.6) is 0 Å². The third kappa shape index (κ3) is 3.84. The summed E-state index contributed by atoms with van der Waals surface area (Å²) in [5, 5.41) is 2.86. The van der Waals surface area contributed by atoms with Crippen molar-refractivity contribution in [3.05, 3.63) is 35.4 Å². The first kappa shape index (κ1) is 12.4. The van der Waals surface area contributed by atoms with Gasteiger partial charge in [0.2, 0.25) is 0 Å². The van der Waals surface area contributed by atoms with Crippen molar-refractivity contribution in [3.8, 4) is 0 Å². The van der Waals surface area contributed by atoms with Crippen molar-refractivity contribution in [2.75, 3.05) is 6.54 Å². The topological polar surface area (TPSA) is 50.4 Å². The van der Waals surface area contributed by atoms with Gasteiger partial charge < -0.3 is 11.1 Å². The summed E-state index contributed by atoms with van der Waals surface area (Å²) in [6.07, 6.45) is 0.932. The standard InChI is InChI=1S/C11H15F2N3/c1-2-5-15-11(14)16-7-8-3-4-9(12)6-10(8)13/h3-4,6H,2,5,7H2,1H3,(H3,14,15,16). The van der Waals surface area contributed by atoms with Crippen LogP contribution in [0.1, 0.15) is 18.9 Å². The smallest absolute Gasteiger partial charge is 0.188 e. The first-order valence-corrected chi connectivity index (χ1v) is 5.11. The average molecular weight is 227 g/mol. The molecule has 0 spiro atoms. The molecule has 0 bridgehead atoms. The Kier molecular flexibility index (Phi) is 4.69. The molecule has 5 heteroatoms. The minimum atomic E-state index is -0.605. The highest BCUT2D eigenvalue weighted by Gasteiger charge is 2.02. The fraction of sp³-hybridized carbons (Fsp3) is 0.364. The summed E-state index contributed by atoms with van der Waals surface area (Å²) in [6.45, 7) is 2.83. The molecule has 0 radical (unpaired) electrons. The molecule has 0 amide bonds. The highest BCUT2D eigenvalue weighted by atomic mass is 19.1. The zero-order valence-electron chi connectivity index (χ0n) is 9.13. The lowest BCUT2D eigenvalue weighted by atomic mass is 10.2. The lowest BCUT2D eigenvalue weighted by Gasteiger charge is -2.04. The van der Waals surface area contributed by atoms with Crippen molar-refractivity contribution in [1.82, 2.24) is 5.32 Å². The van der Waals surface area contributed by atoms with E-state index in [1.807, 2.05) is 6.92 Å². The van der Waals surface area contributed by atoms with E-state index in [4.69, 9.17) is 5.73 Å². The minimum Gasteiger partial charge on any atom is -0.370 e. The van der Waals surface area contributed by atoms with Crippen LogP contribution in [0, 0.1) is 11.6 Å². The van der Waals surface area contributed by atoms with Crippen molar-refractivity contribution < 1.29 is 8.78 Å². The van der Waals surface area contributed by atoms with E-state index in [0.29, 0.717) is 5.56 Å². The zero-order valence-corrected chi connectivity index (χ0v) is 9.13. The maximum atomic E-state index is 13.2. The van der Waals surface area contributed by atoms with Gasteiger partial charge in [-0.3, -0.25) is 0 Å². The molecule has 0 heterocycles. The van der Waals surface area contributed by atoms with E-state index < -0.39 is 11.6 Å². The van der Waals surface area contributed by atoms with Gasteiger partial charge in [0, 0.05) is 18.2 Å². The van der Waals surface area contributed by atoms with Gasteiger partial charge in [0.25, 0.3) is 0 Å². The number of nitrogens with one attached hydrogen (secondary N) is 1. The molecule has 0 atom stereocenters. The Morgan fingerprint density at radius 2 is 2.19 bits per heavy atom. The summed E-state index contributed by atoms with van der Waals surface area (Å²) in [5.41, 5.74) is 5.85. The van der Waals surface area contributed by atoms with E-state index in [2.05, 4.69) is 10.3 Å². The Balaban J connectivity index is 2.60. The Bertz CT molecular complexity index is 377. The van der Waals surface area contributed by atoms with Crippen molar-refractivity contribution in [3.63, 3.8) is 0 Å². The summed E-state index contributed by atoms with van der Waals surface area (Å²) < 4.78 is 25.8. The quantitative estimate of drug-likeness (QED) is 0.608. The van der Waals surface area contributed by atoms with Crippen molar-refractivity contribution in [2.24, 2.45) is 10.7 Å². The van der Waals surface area contributed by atoms with Gasteiger partial charge >= 0.3 is 0 Å². The molecule has 0 saturated heterocycles. The largest absolute Gasteiger partial charge is 0.370 e. The second kappa shape index (κ2) is 6.05.